The minimum Gasteiger partial charge on any atom is -0.392 e. The Morgan fingerprint density at radius 1 is 1.29 bits per heavy atom. The third-order valence-corrected chi connectivity index (χ3v) is 4.73. The Morgan fingerprint density at radius 3 is 2.67 bits per heavy atom. The zero-order valence-electron chi connectivity index (χ0n) is 11.8. The van der Waals surface area contributed by atoms with E-state index in [2.05, 4.69) is 14.9 Å². The van der Waals surface area contributed by atoms with E-state index in [1.807, 2.05) is 6.92 Å². The van der Waals surface area contributed by atoms with Crippen molar-refractivity contribution in [3.63, 3.8) is 0 Å². The maximum absolute atomic E-state index is 12.3. The Kier molecular flexibility index (Phi) is 4.71. The number of aliphatic hydroxyl groups is 1. The van der Waals surface area contributed by atoms with E-state index >= 15 is 0 Å². The number of hydrogen-bond donors (Lipinski definition) is 2. The molecule has 0 aliphatic heterocycles. The van der Waals surface area contributed by atoms with Crippen molar-refractivity contribution in [3.8, 4) is 0 Å². The van der Waals surface area contributed by atoms with Crippen molar-refractivity contribution in [1.29, 1.82) is 0 Å². The van der Waals surface area contributed by atoms with Crippen LogP contribution in [0.4, 0.5) is 0 Å². The summed E-state index contributed by atoms with van der Waals surface area (Å²) in [7, 11) is -3.64. The van der Waals surface area contributed by atoms with Gasteiger partial charge in [-0.1, -0.05) is 11.2 Å². The van der Waals surface area contributed by atoms with Crippen molar-refractivity contribution in [2.24, 2.45) is 0 Å². The lowest BCUT2D eigenvalue weighted by Crippen LogP contribution is -2.27. The summed E-state index contributed by atoms with van der Waals surface area (Å²) < 4.78 is 31.9. The fourth-order valence-electron chi connectivity index (χ4n) is 2.01. The number of aromatic nitrogens is 2. The van der Waals surface area contributed by atoms with Crippen molar-refractivity contribution < 1.29 is 18.0 Å². The third kappa shape index (κ3) is 3.66. The molecule has 21 heavy (non-hydrogen) atoms. The van der Waals surface area contributed by atoms with Gasteiger partial charge in [0.25, 0.3) is 0 Å². The Bertz CT molecular complexity index is 711. The maximum Gasteiger partial charge on any atom is 0.240 e. The predicted molar refractivity (Wildman–Crippen MR) is 75.0 cm³/mol. The molecule has 0 saturated heterocycles. The molecule has 2 N–H and O–H groups in total. The summed E-state index contributed by atoms with van der Waals surface area (Å²) in [5.74, 6) is 0.370. The maximum atomic E-state index is 12.3. The van der Waals surface area contributed by atoms with E-state index in [4.69, 9.17) is 4.52 Å². The second-order valence-corrected chi connectivity index (χ2v) is 6.42. The molecule has 0 saturated carbocycles. The standard InChI is InChI=1S/C13H17N3O4S/c1-9-5-10(2)12(6-11(9)7-17)21(18,19)16-4-3-13-14-8-15-20-13/h5-6,8,16-17H,3-4,7H2,1-2H3. The molecule has 0 aliphatic rings. The van der Waals surface area contributed by atoms with Crippen LogP contribution in [-0.2, 0) is 23.1 Å². The average molecular weight is 311 g/mol. The van der Waals surface area contributed by atoms with E-state index in [0.717, 1.165) is 5.56 Å². The summed E-state index contributed by atoms with van der Waals surface area (Å²) in [6.07, 6.45) is 1.58. The fraction of sp³-hybridized carbons (Fsp3) is 0.385. The quantitative estimate of drug-likeness (QED) is 0.813. The SMILES string of the molecule is Cc1cc(C)c(S(=O)(=O)NCCc2ncno2)cc1CO. The van der Waals surface area contributed by atoms with Crippen molar-refractivity contribution in [2.45, 2.75) is 31.8 Å². The zero-order chi connectivity index (χ0) is 15.5. The molecule has 1 aromatic heterocycles. The number of hydrogen-bond acceptors (Lipinski definition) is 6. The third-order valence-electron chi connectivity index (χ3n) is 3.13. The van der Waals surface area contributed by atoms with Crippen LogP contribution in [0.15, 0.2) is 27.9 Å². The smallest absolute Gasteiger partial charge is 0.240 e. The summed E-state index contributed by atoms with van der Waals surface area (Å²) in [5, 5.41) is 12.7. The van der Waals surface area contributed by atoms with Gasteiger partial charge in [0, 0.05) is 13.0 Å². The summed E-state index contributed by atoms with van der Waals surface area (Å²) in [5.41, 5.74) is 2.09. The average Bonchev–Trinajstić information content (AvgIpc) is 2.91. The van der Waals surface area contributed by atoms with Crippen LogP contribution in [0.5, 0.6) is 0 Å². The number of aliphatic hydroxyl groups excluding tert-OH is 1. The van der Waals surface area contributed by atoms with Gasteiger partial charge in [-0.2, -0.15) is 4.98 Å². The first-order valence-corrected chi connectivity index (χ1v) is 7.88. The normalized spacial score (nSPS) is 11.8. The Morgan fingerprint density at radius 2 is 2.05 bits per heavy atom. The molecule has 7 nitrogen and oxygen atoms in total. The van der Waals surface area contributed by atoms with E-state index in [1.54, 1.807) is 13.0 Å². The highest BCUT2D eigenvalue weighted by Crippen LogP contribution is 2.20. The van der Waals surface area contributed by atoms with Gasteiger partial charge in [0.15, 0.2) is 6.33 Å². The van der Waals surface area contributed by atoms with Crippen LogP contribution >= 0.6 is 0 Å². The van der Waals surface area contributed by atoms with Gasteiger partial charge in [-0.25, -0.2) is 13.1 Å². The minimum atomic E-state index is -3.64. The lowest BCUT2D eigenvalue weighted by molar-refractivity contribution is 0.280. The molecule has 0 bridgehead atoms. The molecule has 0 fully saturated rings. The zero-order valence-corrected chi connectivity index (χ0v) is 12.6. The van der Waals surface area contributed by atoms with Crippen LogP contribution in [0.25, 0.3) is 0 Å². The summed E-state index contributed by atoms with van der Waals surface area (Å²) >= 11 is 0. The summed E-state index contributed by atoms with van der Waals surface area (Å²) in [4.78, 5) is 3.99. The second kappa shape index (κ2) is 6.33. The lowest BCUT2D eigenvalue weighted by Gasteiger charge is -2.12. The lowest BCUT2D eigenvalue weighted by atomic mass is 10.1. The topological polar surface area (TPSA) is 105 Å². The Balaban J connectivity index is 2.15. The molecule has 0 aliphatic carbocycles. The molecule has 1 aromatic carbocycles. The molecule has 0 amide bonds. The van der Waals surface area contributed by atoms with Gasteiger partial charge in [-0.05, 0) is 36.6 Å². The number of aryl methyl sites for hydroxylation is 2. The number of nitrogens with zero attached hydrogens (tertiary/aromatic N) is 2. The van der Waals surface area contributed by atoms with Gasteiger partial charge in [0.1, 0.15) is 0 Å². The number of nitrogens with one attached hydrogen (secondary N) is 1. The fourth-order valence-corrected chi connectivity index (χ4v) is 3.32. The molecule has 0 unspecified atom stereocenters. The van der Waals surface area contributed by atoms with E-state index in [0.29, 0.717) is 23.4 Å². The molecule has 2 rings (SSSR count). The van der Waals surface area contributed by atoms with Crippen LogP contribution < -0.4 is 4.72 Å². The highest BCUT2D eigenvalue weighted by atomic mass is 32.2. The monoisotopic (exact) mass is 311 g/mol. The molecule has 2 aromatic rings. The Labute approximate surface area is 123 Å². The van der Waals surface area contributed by atoms with Crippen LogP contribution in [0.1, 0.15) is 22.6 Å². The van der Waals surface area contributed by atoms with E-state index in [-0.39, 0.29) is 18.0 Å². The first-order chi connectivity index (χ1) is 9.94. The second-order valence-electron chi connectivity index (χ2n) is 4.69. The largest absolute Gasteiger partial charge is 0.392 e. The van der Waals surface area contributed by atoms with Gasteiger partial charge >= 0.3 is 0 Å². The first kappa shape index (κ1) is 15.6. The molecule has 8 heteroatoms. The molecule has 0 spiro atoms. The van der Waals surface area contributed by atoms with Crippen molar-refractivity contribution >= 4 is 10.0 Å². The minimum absolute atomic E-state index is 0.159. The molecule has 114 valence electrons. The van der Waals surface area contributed by atoms with E-state index in [1.165, 1.54) is 12.4 Å². The van der Waals surface area contributed by atoms with Crippen LogP contribution in [0.2, 0.25) is 0 Å². The van der Waals surface area contributed by atoms with Gasteiger partial charge < -0.3 is 9.63 Å². The predicted octanol–water partition coefficient (Wildman–Crippen LogP) is 0.700. The highest BCUT2D eigenvalue weighted by molar-refractivity contribution is 7.89. The number of benzene rings is 1. The number of rotatable bonds is 6. The number of sulfonamides is 1. The molecular weight excluding hydrogens is 294 g/mol. The first-order valence-electron chi connectivity index (χ1n) is 6.40. The van der Waals surface area contributed by atoms with Crippen LogP contribution in [0, 0.1) is 13.8 Å². The summed E-state index contributed by atoms with van der Waals surface area (Å²) in [6.45, 7) is 3.52. The van der Waals surface area contributed by atoms with Crippen LogP contribution in [-0.4, -0.2) is 30.2 Å². The van der Waals surface area contributed by atoms with Crippen LogP contribution in [0.3, 0.4) is 0 Å². The van der Waals surface area contributed by atoms with Crippen molar-refractivity contribution in [2.75, 3.05) is 6.54 Å². The Hall–Kier alpha value is -1.77. The van der Waals surface area contributed by atoms with Gasteiger partial charge in [-0.3, -0.25) is 0 Å². The molecule has 0 atom stereocenters. The molecule has 0 radical (unpaired) electrons. The molecular formula is C13H17N3O4S. The van der Waals surface area contributed by atoms with Gasteiger partial charge in [-0.15, -0.1) is 0 Å². The van der Waals surface area contributed by atoms with E-state index < -0.39 is 10.0 Å². The summed E-state index contributed by atoms with van der Waals surface area (Å²) in [6, 6.07) is 3.25. The highest BCUT2D eigenvalue weighted by Gasteiger charge is 2.18. The van der Waals surface area contributed by atoms with Crippen molar-refractivity contribution in [3.05, 3.63) is 41.0 Å². The molecule has 1 heterocycles. The van der Waals surface area contributed by atoms with E-state index in [9.17, 15) is 13.5 Å². The van der Waals surface area contributed by atoms with Crippen molar-refractivity contribution in [1.82, 2.24) is 14.9 Å². The van der Waals surface area contributed by atoms with Gasteiger partial charge in [0.05, 0.1) is 11.5 Å². The van der Waals surface area contributed by atoms with Gasteiger partial charge in [0.2, 0.25) is 15.9 Å².